The molecular weight excluding hydrogens is 658 g/mol. The number of amides is 3. The molecule has 0 saturated carbocycles. The molecule has 0 radical (unpaired) electrons. The molecule has 3 aliphatic rings. The van der Waals surface area contributed by atoms with E-state index in [0.29, 0.717) is 56.0 Å². The quantitative estimate of drug-likeness (QED) is 0.187. The number of methoxy groups -OCH3 is 1. The zero-order valence-electron chi connectivity index (χ0n) is 29.4. The van der Waals surface area contributed by atoms with E-state index in [4.69, 9.17) is 4.74 Å². The lowest BCUT2D eigenvalue weighted by molar-refractivity contribution is -0.118. The number of ether oxygens (including phenoxy) is 1. The normalized spacial score (nSPS) is 15.0. The highest BCUT2D eigenvalue weighted by Crippen LogP contribution is 2.40. The summed E-state index contributed by atoms with van der Waals surface area (Å²) in [6.07, 6.45) is 3.43. The van der Waals surface area contributed by atoms with Crippen LogP contribution in [0.1, 0.15) is 61.0 Å². The zero-order chi connectivity index (χ0) is 35.8. The molecule has 0 unspecified atom stereocenters. The van der Waals surface area contributed by atoms with Gasteiger partial charge in [0.05, 0.1) is 7.11 Å². The number of anilines is 3. The number of rotatable bonds is 7. The number of aromatic nitrogens is 3. The molecule has 6 aromatic rings. The van der Waals surface area contributed by atoms with Crippen LogP contribution in [0.25, 0.3) is 32.7 Å². The van der Waals surface area contributed by atoms with E-state index in [1.54, 1.807) is 11.0 Å². The number of hydrogen-bond acceptors (Lipinski definition) is 6. The van der Waals surface area contributed by atoms with Crippen molar-refractivity contribution in [2.24, 2.45) is 0 Å². The fraction of sp³-hybridized carbons (Fsp3) is 0.300. The molecule has 3 aliphatic heterocycles. The lowest BCUT2D eigenvalue weighted by Gasteiger charge is -2.18. The molecule has 6 heterocycles. The maximum absolute atomic E-state index is 14.0. The predicted molar refractivity (Wildman–Crippen MR) is 201 cm³/mol. The van der Waals surface area contributed by atoms with Crippen molar-refractivity contribution in [2.75, 3.05) is 62.1 Å². The minimum atomic E-state index is -0.432. The van der Waals surface area contributed by atoms with E-state index >= 15 is 0 Å². The lowest BCUT2D eigenvalue weighted by atomic mass is 10.1. The maximum atomic E-state index is 14.0. The number of carbonyl (C=O) groups is 4. The van der Waals surface area contributed by atoms with Gasteiger partial charge in [-0.1, -0.05) is 0 Å². The van der Waals surface area contributed by atoms with Crippen molar-refractivity contribution in [1.82, 2.24) is 19.9 Å². The van der Waals surface area contributed by atoms with E-state index in [0.717, 1.165) is 85.8 Å². The highest BCUT2D eigenvalue weighted by Gasteiger charge is 2.33. The van der Waals surface area contributed by atoms with Crippen molar-refractivity contribution < 1.29 is 23.9 Å². The molecule has 3 aromatic carbocycles. The SMILES string of the molecule is COC(=O)c1cc2c3c(ccc2[nH]1)N(C(=O)c1cc2c4c(ccc2[nH]1)N(C(=O)c1cc2c5c(ccc2[nH]1)N(C(=O)CCCN(C)C)CC5)CC4)CC3. The van der Waals surface area contributed by atoms with E-state index in [1.807, 2.05) is 72.4 Å². The summed E-state index contributed by atoms with van der Waals surface area (Å²) in [6, 6.07) is 17.3. The van der Waals surface area contributed by atoms with Crippen molar-refractivity contribution in [1.29, 1.82) is 0 Å². The van der Waals surface area contributed by atoms with Crippen molar-refractivity contribution in [3.05, 3.63) is 88.4 Å². The Morgan fingerprint density at radius 2 is 1.06 bits per heavy atom. The van der Waals surface area contributed by atoms with Gasteiger partial charge in [-0.05, 0) is 118 Å². The second-order valence-corrected chi connectivity index (χ2v) is 14.2. The van der Waals surface area contributed by atoms with Crippen LogP contribution >= 0.6 is 0 Å². The van der Waals surface area contributed by atoms with Gasteiger partial charge in [0, 0.05) is 75.8 Å². The van der Waals surface area contributed by atoms with Crippen LogP contribution in [0, 0.1) is 0 Å². The minimum Gasteiger partial charge on any atom is -0.464 e. The summed E-state index contributed by atoms with van der Waals surface area (Å²) >= 11 is 0. The number of nitrogens with one attached hydrogen (secondary N) is 3. The van der Waals surface area contributed by atoms with Gasteiger partial charge in [0.15, 0.2) is 0 Å². The topological polar surface area (TPSA) is 138 Å². The van der Waals surface area contributed by atoms with Crippen LogP contribution in [0.4, 0.5) is 17.1 Å². The third-order valence-electron chi connectivity index (χ3n) is 11.0. The predicted octanol–water partition coefficient (Wildman–Crippen LogP) is 5.55. The summed E-state index contributed by atoms with van der Waals surface area (Å²) in [6.45, 7) is 2.58. The van der Waals surface area contributed by atoms with Gasteiger partial charge in [-0.2, -0.15) is 0 Å². The number of nitrogens with zero attached hydrogens (tertiary/aromatic N) is 4. The Morgan fingerprint density at radius 3 is 1.52 bits per heavy atom. The first-order valence-electron chi connectivity index (χ1n) is 17.8. The van der Waals surface area contributed by atoms with Gasteiger partial charge < -0.3 is 39.3 Å². The van der Waals surface area contributed by atoms with Gasteiger partial charge in [0.25, 0.3) is 11.8 Å². The Kier molecular flexibility index (Phi) is 7.47. The largest absolute Gasteiger partial charge is 0.464 e. The number of benzene rings is 3. The number of esters is 1. The second kappa shape index (κ2) is 12.1. The van der Waals surface area contributed by atoms with E-state index in [1.165, 1.54) is 7.11 Å². The van der Waals surface area contributed by atoms with Crippen LogP contribution in [0.15, 0.2) is 54.6 Å². The van der Waals surface area contributed by atoms with Gasteiger partial charge in [0.1, 0.15) is 17.1 Å². The number of hydrogen-bond donors (Lipinski definition) is 3. The molecular formula is C40H39N7O5. The van der Waals surface area contributed by atoms with E-state index < -0.39 is 5.97 Å². The smallest absolute Gasteiger partial charge is 0.354 e. The van der Waals surface area contributed by atoms with Crippen LogP contribution in [0.3, 0.4) is 0 Å². The van der Waals surface area contributed by atoms with E-state index in [2.05, 4.69) is 19.9 Å². The molecule has 12 heteroatoms. The first kappa shape index (κ1) is 32.1. The van der Waals surface area contributed by atoms with Gasteiger partial charge in [0.2, 0.25) is 5.91 Å². The summed E-state index contributed by atoms with van der Waals surface area (Å²) in [7, 11) is 5.38. The monoisotopic (exact) mass is 697 g/mol. The van der Waals surface area contributed by atoms with Crippen LogP contribution in [-0.4, -0.2) is 90.9 Å². The minimum absolute atomic E-state index is 0.107. The summed E-state index contributed by atoms with van der Waals surface area (Å²) < 4.78 is 4.88. The highest BCUT2D eigenvalue weighted by molar-refractivity contribution is 6.13. The number of aromatic amines is 3. The number of fused-ring (bicyclic) bond motifs is 9. The molecule has 3 aromatic heterocycles. The fourth-order valence-electron chi connectivity index (χ4n) is 8.44. The number of carbonyl (C=O) groups excluding carboxylic acids is 4. The Hall–Kier alpha value is -5.88. The van der Waals surface area contributed by atoms with E-state index in [-0.39, 0.29) is 17.7 Å². The highest BCUT2D eigenvalue weighted by atomic mass is 16.5. The molecule has 264 valence electrons. The van der Waals surface area contributed by atoms with Crippen LogP contribution < -0.4 is 14.7 Å². The van der Waals surface area contributed by atoms with Crippen molar-refractivity contribution in [3.63, 3.8) is 0 Å². The molecule has 3 amide bonds. The van der Waals surface area contributed by atoms with Crippen molar-refractivity contribution >= 4 is 73.5 Å². The van der Waals surface area contributed by atoms with Crippen molar-refractivity contribution in [3.8, 4) is 0 Å². The van der Waals surface area contributed by atoms with Crippen LogP contribution in [0.5, 0.6) is 0 Å². The molecule has 0 aliphatic carbocycles. The Bertz CT molecular complexity index is 2490. The van der Waals surface area contributed by atoms with Crippen LogP contribution in [-0.2, 0) is 28.8 Å². The fourth-order valence-corrected chi connectivity index (χ4v) is 8.44. The van der Waals surface area contributed by atoms with Crippen molar-refractivity contribution in [2.45, 2.75) is 32.1 Å². The molecule has 0 spiro atoms. The molecule has 9 rings (SSSR count). The van der Waals surface area contributed by atoms with Gasteiger partial charge >= 0.3 is 5.97 Å². The second-order valence-electron chi connectivity index (χ2n) is 14.2. The maximum Gasteiger partial charge on any atom is 0.354 e. The average molecular weight is 698 g/mol. The third-order valence-corrected chi connectivity index (χ3v) is 11.0. The molecule has 0 saturated heterocycles. The summed E-state index contributed by atoms with van der Waals surface area (Å²) in [5, 5.41) is 2.83. The Morgan fingerprint density at radius 1 is 0.635 bits per heavy atom. The lowest BCUT2D eigenvalue weighted by Crippen LogP contribution is -2.29. The van der Waals surface area contributed by atoms with E-state index in [9.17, 15) is 19.2 Å². The third kappa shape index (κ3) is 5.00. The molecule has 0 fully saturated rings. The van der Waals surface area contributed by atoms with Crippen LogP contribution in [0.2, 0.25) is 0 Å². The van der Waals surface area contributed by atoms with Gasteiger partial charge in [-0.25, -0.2) is 4.79 Å². The summed E-state index contributed by atoms with van der Waals surface area (Å²) in [5.74, 6) is -0.527. The summed E-state index contributed by atoms with van der Waals surface area (Å²) in [5.41, 5.74) is 9.72. The molecule has 0 bridgehead atoms. The number of H-pyrrole nitrogens is 3. The van der Waals surface area contributed by atoms with Gasteiger partial charge in [-0.15, -0.1) is 0 Å². The molecule has 52 heavy (non-hydrogen) atoms. The molecule has 3 N–H and O–H groups in total. The summed E-state index contributed by atoms with van der Waals surface area (Å²) in [4.78, 5) is 70.6. The molecule has 12 nitrogen and oxygen atoms in total. The molecule has 0 atom stereocenters. The standard InChI is InChI=1S/C40H39N7O5/c1-44(2)15-4-5-37(48)45-16-12-22-25-19-31(41-28(25)6-9-34(22)45)38(49)46-17-13-23-26-20-32(42-29(26)7-10-35(23)46)39(50)47-18-14-24-27-21-33(40(51)52-3)43-30(27)8-11-36(24)47/h6-11,19-21,41-43H,4-5,12-18H2,1-3H3. The zero-order valence-corrected chi connectivity index (χ0v) is 29.4. The van der Waals surface area contributed by atoms with Gasteiger partial charge in [-0.3, -0.25) is 14.4 Å². The first-order chi connectivity index (χ1) is 25.2. The first-order valence-corrected chi connectivity index (χ1v) is 17.8. The Labute approximate surface area is 299 Å². The average Bonchev–Trinajstić information content (AvgIpc) is 3.98. The Balaban J connectivity index is 0.960.